The van der Waals surface area contributed by atoms with E-state index in [0.29, 0.717) is 5.92 Å². The van der Waals surface area contributed by atoms with Crippen molar-refractivity contribution in [3.05, 3.63) is 0 Å². The molecule has 0 bridgehead atoms. The predicted octanol–water partition coefficient (Wildman–Crippen LogP) is 2.28. The van der Waals surface area contributed by atoms with E-state index < -0.39 is 0 Å². The van der Waals surface area contributed by atoms with Crippen molar-refractivity contribution in [3.63, 3.8) is 0 Å². The maximum atomic E-state index is 11.8. The molecular formula is C15H32N2O2. The summed E-state index contributed by atoms with van der Waals surface area (Å²) in [5, 5.41) is 3.29. The third-order valence-electron chi connectivity index (χ3n) is 3.58. The Kier molecular flexibility index (Phi) is 9.88. The van der Waals surface area contributed by atoms with Gasteiger partial charge in [-0.3, -0.25) is 4.79 Å². The number of esters is 1. The molecule has 0 aromatic carbocycles. The normalized spacial score (nSPS) is 13.3. The van der Waals surface area contributed by atoms with E-state index in [2.05, 4.69) is 31.0 Å². The molecule has 19 heavy (non-hydrogen) atoms. The standard InChI is InChI=1S/C15H32N2O2/c1-7-13(8-2)10-17(9-3)11-14(15(18)19-6)16-12(4)5/h12-14,16H,7-11H2,1-6H3. The van der Waals surface area contributed by atoms with Crippen LogP contribution >= 0.6 is 0 Å². The van der Waals surface area contributed by atoms with Crippen molar-refractivity contribution in [3.8, 4) is 0 Å². The van der Waals surface area contributed by atoms with Gasteiger partial charge >= 0.3 is 5.97 Å². The molecule has 4 heteroatoms. The van der Waals surface area contributed by atoms with Crippen LogP contribution in [0.5, 0.6) is 0 Å². The maximum Gasteiger partial charge on any atom is 0.324 e. The van der Waals surface area contributed by atoms with Crippen LogP contribution in [0.1, 0.15) is 47.5 Å². The molecule has 0 saturated carbocycles. The van der Waals surface area contributed by atoms with Gasteiger partial charge in [-0.05, 0) is 12.5 Å². The van der Waals surface area contributed by atoms with Gasteiger partial charge in [-0.15, -0.1) is 0 Å². The fourth-order valence-corrected chi connectivity index (χ4v) is 2.24. The average Bonchev–Trinajstić information content (AvgIpc) is 2.40. The van der Waals surface area contributed by atoms with Gasteiger partial charge in [-0.1, -0.05) is 47.5 Å². The Morgan fingerprint density at radius 2 is 1.74 bits per heavy atom. The molecule has 0 aliphatic carbocycles. The number of nitrogens with one attached hydrogen (secondary N) is 1. The minimum atomic E-state index is -0.237. The molecule has 0 amide bonds. The molecule has 0 aliphatic heterocycles. The van der Waals surface area contributed by atoms with Crippen molar-refractivity contribution >= 4 is 5.97 Å². The van der Waals surface area contributed by atoms with E-state index in [-0.39, 0.29) is 18.1 Å². The zero-order valence-corrected chi connectivity index (χ0v) is 13.5. The van der Waals surface area contributed by atoms with Crippen LogP contribution < -0.4 is 5.32 Å². The Morgan fingerprint density at radius 3 is 2.11 bits per heavy atom. The minimum Gasteiger partial charge on any atom is -0.468 e. The highest BCUT2D eigenvalue weighted by Gasteiger charge is 2.23. The summed E-state index contributed by atoms with van der Waals surface area (Å²) in [5.41, 5.74) is 0. The largest absolute Gasteiger partial charge is 0.468 e. The van der Waals surface area contributed by atoms with Crippen LogP contribution in [0.4, 0.5) is 0 Å². The Hall–Kier alpha value is -0.610. The summed E-state index contributed by atoms with van der Waals surface area (Å²) in [7, 11) is 1.45. The highest BCUT2D eigenvalue weighted by Crippen LogP contribution is 2.10. The van der Waals surface area contributed by atoms with Crippen LogP contribution in [-0.4, -0.2) is 49.7 Å². The zero-order valence-electron chi connectivity index (χ0n) is 13.5. The van der Waals surface area contributed by atoms with Gasteiger partial charge < -0.3 is 15.0 Å². The van der Waals surface area contributed by atoms with Crippen molar-refractivity contribution in [2.24, 2.45) is 5.92 Å². The molecule has 0 aromatic heterocycles. The van der Waals surface area contributed by atoms with E-state index in [1.165, 1.54) is 20.0 Å². The van der Waals surface area contributed by atoms with Crippen LogP contribution in [0.15, 0.2) is 0 Å². The van der Waals surface area contributed by atoms with Crippen molar-refractivity contribution in [1.82, 2.24) is 10.2 Å². The van der Waals surface area contributed by atoms with Crippen molar-refractivity contribution in [1.29, 1.82) is 0 Å². The number of likely N-dealkylation sites (N-methyl/N-ethyl adjacent to an activating group) is 1. The van der Waals surface area contributed by atoms with Gasteiger partial charge in [0.2, 0.25) is 0 Å². The highest BCUT2D eigenvalue weighted by molar-refractivity contribution is 5.75. The fourth-order valence-electron chi connectivity index (χ4n) is 2.24. The van der Waals surface area contributed by atoms with Gasteiger partial charge in [0.1, 0.15) is 6.04 Å². The lowest BCUT2D eigenvalue weighted by Crippen LogP contribution is -2.49. The van der Waals surface area contributed by atoms with Crippen LogP contribution in [0.3, 0.4) is 0 Å². The molecular weight excluding hydrogens is 240 g/mol. The molecule has 0 radical (unpaired) electrons. The Labute approximate surface area is 118 Å². The lowest BCUT2D eigenvalue weighted by Gasteiger charge is -2.29. The second kappa shape index (κ2) is 10.2. The van der Waals surface area contributed by atoms with E-state index in [4.69, 9.17) is 4.74 Å². The molecule has 114 valence electrons. The molecule has 0 heterocycles. The van der Waals surface area contributed by atoms with Gasteiger partial charge in [-0.2, -0.15) is 0 Å². The fraction of sp³-hybridized carbons (Fsp3) is 0.933. The zero-order chi connectivity index (χ0) is 14.8. The number of carbonyl (C=O) groups excluding carboxylic acids is 1. The Morgan fingerprint density at radius 1 is 1.16 bits per heavy atom. The highest BCUT2D eigenvalue weighted by atomic mass is 16.5. The third kappa shape index (κ3) is 7.53. The SMILES string of the molecule is CCC(CC)CN(CC)CC(NC(C)C)C(=O)OC. The molecule has 1 atom stereocenters. The monoisotopic (exact) mass is 272 g/mol. The second-order valence-electron chi connectivity index (χ2n) is 5.43. The molecule has 0 fully saturated rings. The first-order chi connectivity index (χ1) is 8.98. The summed E-state index contributed by atoms with van der Waals surface area (Å²) in [5.74, 6) is 0.536. The Balaban J connectivity index is 4.54. The molecule has 0 aliphatic rings. The van der Waals surface area contributed by atoms with Crippen molar-refractivity contribution in [2.75, 3.05) is 26.7 Å². The number of carbonyl (C=O) groups is 1. The van der Waals surface area contributed by atoms with E-state index in [1.54, 1.807) is 0 Å². The van der Waals surface area contributed by atoms with E-state index >= 15 is 0 Å². The van der Waals surface area contributed by atoms with Gasteiger partial charge in [-0.25, -0.2) is 0 Å². The van der Waals surface area contributed by atoms with Crippen molar-refractivity contribution < 1.29 is 9.53 Å². The summed E-state index contributed by atoms with van der Waals surface area (Å²) >= 11 is 0. The number of ether oxygens (including phenoxy) is 1. The third-order valence-corrected chi connectivity index (χ3v) is 3.58. The lowest BCUT2D eigenvalue weighted by molar-refractivity contribution is -0.143. The molecule has 4 nitrogen and oxygen atoms in total. The number of methoxy groups -OCH3 is 1. The van der Waals surface area contributed by atoms with Gasteiger partial charge in [0, 0.05) is 19.1 Å². The summed E-state index contributed by atoms with van der Waals surface area (Å²) in [6.45, 7) is 13.4. The predicted molar refractivity (Wildman–Crippen MR) is 80.3 cm³/mol. The summed E-state index contributed by atoms with van der Waals surface area (Å²) < 4.78 is 4.89. The molecule has 0 rings (SSSR count). The molecule has 0 spiro atoms. The van der Waals surface area contributed by atoms with E-state index in [1.807, 2.05) is 13.8 Å². The van der Waals surface area contributed by atoms with Gasteiger partial charge in [0.05, 0.1) is 7.11 Å². The van der Waals surface area contributed by atoms with Crippen LogP contribution in [0, 0.1) is 5.92 Å². The van der Waals surface area contributed by atoms with Crippen LogP contribution in [0.2, 0.25) is 0 Å². The smallest absolute Gasteiger partial charge is 0.324 e. The van der Waals surface area contributed by atoms with Gasteiger partial charge in [0.15, 0.2) is 0 Å². The number of hydrogen-bond donors (Lipinski definition) is 1. The number of rotatable bonds is 10. The summed E-state index contributed by atoms with van der Waals surface area (Å²) in [6.07, 6.45) is 2.38. The molecule has 0 aromatic rings. The number of nitrogens with zero attached hydrogens (tertiary/aromatic N) is 1. The summed E-state index contributed by atoms with van der Waals surface area (Å²) in [4.78, 5) is 14.2. The van der Waals surface area contributed by atoms with Gasteiger partial charge in [0.25, 0.3) is 0 Å². The Bertz CT molecular complexity index is 240. The van der Waals surface area contributed by atoms with Crippen LogP contribution in [0.25, 0.3) is 0 Å². The topological polar surface area (TPSA) is 41.6 Å². The lowest BCUT2D eigenvalue weighted by atomic mass is 10.0. The molecule has 1 unspecified atom stereocenters. The second-order valence-corrected chi connectivity index (χ2v) is 5.43. The first kappa shape index (κ1) is 18.4. The quantitative estimate of drug-likeness (QED) is 0.620. The summed E-state index contributed by atoms with van der Waals surface area (Å²) in [6, 6.07) is 0.0373. The van der Waals surface area contributed by atoms with Crippen LogP contribution in [-0.2, 0) is 9.53 Å². The molecule has 1 N–H and O–H groups in total. The first-order valence-corrected chi connectivity index (χ1v) is 7.54. The van der Waals surface area contributed by atoms with E-state index in [9.17, 15) is 4.79 Å². The number of hydrogen-bond acceptors (Lipinski definition) is 4. The first-order valence-electron chi connectivity index (χ1n) is 7.54. The maximum absolute atomic E-state index is 11.8. The average molecular weight is 272 g/mol. The minimum absolute atomic E-state index is 0.170. The molecule has 0 saturated heterocycles. The van der Waals surface area contributed by atoms with E-state index in [0.717, 1.165) is 19.6 Å². The van der Waals surface area contributed by atoms with Crippen molar-refractivity contribution in [2.45, 2.75) is 59.5 Å².